The summed E-state index contributed by atoms with van der Waals surface area (Å²) in [5.41, 5.74) is 11.4. The van der Waals surface area contributed by atoms with E-state index in [2.05, 4.69) is 59.4 Å². The Balaban J connectivity index is 0.851. The predicted molar refractivity (Wildman–Crippen MR) is 205 cm³/mol. The second-order valence-electron chi connectivity index (χ2n) is 16.2. The minimum absolute atomic E-state index is 0.0398. The highest BCUT2D eigenvalue weighted by molar-refractivity contribution is 6.03. The number of methoxy groups -OCH3 is 1. The summed E-state index contributed by atoms with van der Waals surface area (Å²) >= 11 is 0. The van der Waals surface area contributed by atoms with E-state index in [9.17, 15) is 10.2 Å². The van der Waals surface area contributed by atoms with Crippen LogP contribution in [0.4, 0.5) is 0 Å². The Morgan fingerprint density at radius 3 is 2.77 bits per heavy atom. The lowest BCUT2D eigenvalue weighted by Crippen LogP contribution is -2.47. The molecule has 1 aromatic carbocycles. The Bertz CT molecular complexity index is 2000. The number of aryl methyl sites for hydroxylation is 2. The van der Waals surface area contributed by atoms with E-state index in [0.29, 0.717) is 29.4 Å². The van der Waals surface area contributed by atoms with Crippen molar-refractivity contribution in [2.24, 2.45) is 28.2 Å². The van der Waals surface area contributed by atoms with Gasteiger partial charge in [0.15, 0.2) is 0 Å². The molecule has 4 aromatic rings. The normalized spacial score (nSPS) is 27.5. The first kappa shape index (κ1) is 34.7. The molecule has 0 unspecified atom stereocenters. The molecule has 8 rings (SSSR count). The summed E-state index contributed by atoms with van der Waals surface area (Å²) in [6, 6.07) is 12.1. The summed E-state index contributed by atoms with van der Waals surface area (Å²) in [4.78, 5) is 11.7. The number of nitrogens with zero attached hydrogens (tertiary/aromatic N) is 4. The number of aromatic nitrogens is 5. The van der Waals surface area contributed by atoms with Crippen molar-refractivity contribution >= 4 is 11.8 Å². The highest BCUT2D eigenvalue weighted by Crippen LogP contribution is 2.62. The van der Waals surface area contributed by atoms with Crippen molar-refractivity contribution in [3.8, 4) is 22.9 Å². The fraction of sp³-hybridized carbons (Fsp3) is 0.512. The summed E-state index contributed by atoms with van der Waals surface area (Å²) in [5.74, 6) is 3.44. The predicted octanol–water partition coefficient (Wildman–Crippen LogP) is 8.78. The molecule has 2 fully saturated rings. The van der Waals surface area contributed by atoms with Gasteiger partial charge >= 0.3 is 0 Å². The second-order valence-corrected chi connectivity index (χ2v) is 16.2. The van der Waals surface area contributed by atoms with Crippen LogP contribution in [0.15, 0.2) is 70.6 Å². The molecule has 0 radical (unpaired) electrons. The van der Waals surface area contributed by atoms with Gasteiger partial charge in [-0.3, -0.25) is 9.67 Å². The number of hydrogen-bond acceptors (Lipinski definition) is 6. The number of ether oxygens (including phenoxy) is 1. The largest absolute Gasteiger partial charge is 0.508 e. The molecule has 9 heteroatoms. The number of phenols is 1. The van der Waals surface area contributed by atoms with Crippen LogP contribution in [0.1, 0.15) is 107 Å². The lowest BCUT2D eigenvalue weighted by molar-refractivity contribution is -0.0395. The molecule has 4 aliphatic rings. The maximum absolute atomic E-state index is 11.0. The standard InChI is InChI=1S/C43H54N6O3/c1-26-32(27(2)45-37(26)23-39-40(52-4)24-38(46-39)36-12-8-19-44-36)11-5-6-20-49-25-30(47-48-49)10-7-9-28-21-29-22-31(50)13-14-33(29)34-17-18-43(3)35(42(28)34)15-16-41(43)51/h8,12-14,19,22-25,28,34-35,41-42,44,46,50-51H,5-7,9-11,15-18,20-21H2,1-4H3/b37-23+/t28-,34-,35+,41+,42-,43+/m1/s1. The number of aromatic hydroxyl groups is 1. The van der Waals surface area contributed by atoms with Gasteiger partial charge < -0.3 is 24.9 Å². The van der Waals surface area contributed by atoms with Crippen molar-refractivity contribution in [3.63, 3.8) is 0 Å². The number of hydrogen-bond donors (Lipinski definition) is 4. The van der Waals surface area contributed by atoms with E-state index >= 15 is 0 Å². The minimum atomic E-state index is -0.176. The molecule has 52 heavy (non-hydrogen) atoms. The number of aliphatic hydroxyl groups excluding tert-OH is 1. The molecule has 3 aromatic heterocycles. The molecule has 0 bridgehead atoms. The fourth-order valence-corrected chi connectivity index (χ4v) is 10.5. The van der Waals surface area contributed by atoms with E-state index in [1.165, 1.54) is 22.3 Å². The Labute approximate surface area is 307 Å². The first-order valence-corrected chi connectivity index (χ1v) is 19.5. The molecule has 2 saturated carbocycles. The maximum Gasteiger partial charge on any atom is 0.144 e. The van der Waals surface area contributed by atoms with Crippen LogP contribution in [0.5, 0.6) is 11.5 Å². The van der Waals surface area contributed by atoms with Gasteiger partial charge in [-0.15, -0.1) is 5.10 Å². The Morgan fingerprint density at radius 2 is 1.94 bits per heavy atom. The lowest BCUT2D eigenvalue weighted by Gasteiger charge is -2.53. The van der Waals surface area contributed by atoms with Crippen LogP contribution in [-0.4, -0.2) is 54.1 Å². The van der Waals surface area contributed by atoms with Gasteiger partial charge in [0, 0.05) is 30.7 Å². The summed E-state index contributed by atoms with van der Waals surface area (Å²) in [6.07, 6.45) is 17.5. The molecule has 1 aliphatic heterocycles. The number of aliphatic imine (C=N–C) groups is 1. The molecule has 274 valence electrons. The average molecular weight is 703 g/mol. The topological polar surface area (TPSA) is 124 Å². The molecule has 9 nitrogen and oxygen atoms in total. The molecule has 0 amide bonds. The van der Waals surface area contributed by atoms with Gasteiger partial charge in [-0.2, -0.15) is 0 Å². The van der Waals surface area contributed by atoms with Crippen molar-refractivity contribution in [1.82, 2.24) is 25.0 Å². The SMILES string of the molecule is COc1cc(-c2ccc[nH]2)[nH]c1/C=C1/N=C(C)C(CCCCn2cc(CCC[C@@H]3Cc4cc(O)ccc4[C@H]4CC[C@]5(C)[C@@H](O)CC[C@H]5[C@H]34)nn2)=C1C. The summed E-state index contributed by atoms with van der Waals surface area (Å²) in [7, 11) is 1.70. The number of nitrogens with one attached hydrogen (secondary N) is 2. The average Bonchev–Trinajstić information content (AvgIpc) is 3.97. The number of rotatable bonds is 12. The van der Waals surface area contributed by atoms with Crippen molar-refractivity contribution in [3.05, 3.63) is 88.1 Å². The van der Waals surface area contributed by atoms with Crippen LogP contribution in [-0.2, 0) is 19.4 Å². The van der Waals surface area contributed by atoms with E-state index in [0.717, 1.165) is 117 Å². The number of H-pyrrole nitrogens is 2. The smallest absolute Gasteiger partial charge is 0.144 e. The van der Waals surface area contributed by atoms with Crippen molar-refractivity contribution in [2.45, 2.75) is 110 Å². The molecule has 4 heterocycles. The number of benzene rings is 1. The van der Waals surface area contributed by atoms with E-state index < -0.39 is 0 Å². The van der Waals surface area contributed by atoms with Gasteiger partial charge in [0.05, 0.1) is 41.7 Å². The first-order valence-electron chi connectivity index (χ1n) is 19.5. The minimum Gasteiger partial charge on any atom is -0.508 e. The third-order valence-electron chi connectivity index (χ3n) is 13.3. The van der Waals surface area contributed by atoms with Crippen molar-refractivity contribution in [2.75, 3.05) is 7.11 Å². The van der Waals surface area contributed by atoms with Crippen LogP contribution in [0, 0.1) is 23.2 Å². The van der Waals surface area contributed by atoms with Crippen LogP contribution < -0.4 is 4.74 Å². The van der Waals surface area contributed by atoms with E-state index in [-0.39, 0.29) is 11.5 Å². The van der Waals surface area contributed by atoms with E-state index in [1.54, 1.807) is 7.11 Å². The van der Waals surface area contributed by atoms with Crippen molar-refractivity contribution < 1.29 is 14.9 Å². The lowest BCUT2D eigenvalue weighted by atomic mass is 9.52. The summed E-state index contributed by atoms with van der Waals surface area (Å²) in [6.45, 7) is 7.49. The van der Waals surface area contributed by atoms with Crippen LogP contribution in [0.2, 0.25) is 0 Å². The molecule has 0 spiro atoms. The number of fused-ring (bicyclic) bond motifs is 5. The second kappa shape index (κ2) is 14.2. The van der Waals surface area contributed by atoms with Gasteiger partial charge in [0.1, 0.15) is 11.5 Å². The Morgan fingerprint density at radius 1 is 1.06 bits per heavy atom. The third kappa shape index (κ3) is 6.46. The molecule has 3 aliphatic carbocycles. The van der Waals surface area contributed by atoms with Crippen molar-refractivity contribution in [1.29, 1.82) is 0 Å². The molecule has 4 N–H and O–H groups in total. The zero-order valence-corrected chi connectivity index (χ0v) is 31.2. The maximum atomic E-state index is 11.0. The zero-order valence-electron chi connectivity index (χ0n) is 31.2. The Kier molecular flexibility index (Phi) is 9.49. The van der Waals surface area contributed by atoms with Gasteiger partial charge in [-0.05, 0) is 166 Å². The number of aromatic amines is 2. The van der Waals surface area contributed by atoms with Gasteiger partial charge in [-0.25, -0.2) is 0 Å². The van der Waals surface area contributed by atoms with E-state index in [1.807, 2.05) is 41.2 Å². The molecule has 6 atom stereocenters. The fourth-order valence-electron chi connectivity index (χ4n) is 10.5. The third-order valence-corrected chi connectivity index (χ3v) is 13.3. The van der Waals surface area contributed by atoms with Crippen LogP contribution in [0.25, 0.3) is 17.5 Å². The zero-order chi connectivity index (χ0) is 36.0. The number of phenolic OH excluding ortho intramolecular Hbond substituents is 1. The highest BCUT2D eigenvalue weighted by atomic mass is 16.5. The highest BCUT2D eigenvalue weighted by Gasteiger charge is 2.56. The van der Waals surface area contributed by atoms with Gasteiger partial charge in [0.25, 0.3) is 0 Å². The van der Waals surface area contributed by atoms with Gasteiger partial charge in [-0.1, -0.05) is 18.2 Å². The monoisotopic (exact) mass is 702 g/mol. The number of unbranched alkanes of at least 4 members (excludes halogenated alkanes) is 1. The van der Waals surface area contributed by atoms with E-state index in [4.69, 9.17) is 9.73 Å². The quantitative estimate of drug-likeness (QED) is 0.110. The Hall–Kier alpha value is -4.37. The van der Waals surface area contributed by atoms with Crippen LogP contribution >= 0.6 is 0 Å². The number of allylic oxidation sites excluding steroid dienone is 2. The van der Waals surface area contributed by atoms with Gasteiger partial charge in [0.2, 0.25) is 0 Å². The first-order chi connectivity index (χ1) is 25.2. The molecular formula is C43H54N6O3. The molecule has 0 saturated heterocycles. The summed E-state index contributed by atoms with van der Waals surface area (Å²) in [5, 5.41) is 30.4. The molecular weight excluding hydrogens is 649 g/mol. The van der Waals surface area contributed by atoms with Crippen LogP contribution in [0.3, 0.4) is 0 Å². The number of aliphatic hydroxyl groups is 1. The summed E-state index contributed by atoms with van der Waals surface area (Å²) < 4.78 is 7.68.